The largest absolute Gasteiger partial charge is 0.487 e. The monoisotopic (exact) mass is 585 g/mol. The highest BCUT2D eigenvalue weighted by Crippen LogP contribution is 2.46. The summed E-state index contributed by atoms with van der Waals surface area (Å²) in [6.45, 7) is 3.62. The highest BCUT2D eigenvalue weighted by atomic mass is 35.5. The zero-order chi connectivity index (χ0) is 28.6. The van der Waals surface area contributed by atoms with Crippen LogP contribution in [0.5, 0.6) is 5.75 Å². The second kappa shape index (κ2) is 11.7. The average Bonchev–Trinajstić information content (AvgIpc) is 3.50. The summed E-state index contributed by atoms with van der Waals surface area (Å²) in [6, 6.07) is 15.4. The molecule has 0 radical (unpaired) electrons. The zero-order valence-electron chi connectivity index (χ0n) is 23.6. The fraction of sp³-hybridized carbons (Fsp3) is 0.455. The van der Waals surface area contributed by atoms with Crippen LogP contribution in [0.15, 0.2) is 60.8 Å². The van der Waals surface area contributed by atoms with Gasteiger partial charge in [-0.2, -0.15) is 0 Å². The number of hydrogen-bond acceptors (Lipinski definition) is 6. The van der Waals surface area contributed by atoms with Gasteiger partial charge in [0.1, 0.15) is 18.1 Å². The molecule has 5 heterocycles. The van der Waals surface area contributed by atoms with Gasteiger partial charge >= 0.3 is 0 Å². The molecule has 218 valence electrons. The number of piperidine rings is 4. The SMILES string of the molecule is O=C(/C=C/c1ccc(Cl)cc1)c1ccc(OCc2cn([C@H]3CC(=O)N4C[C@@H]5CCCN6CCC[C@@H]([C@H]56)[C@H]4C3)nn2)cc1. The van der Waals surface area contributed by atoms with Crippen molar-refractivity contribution in [2.75, 3.05) is 19.6 Å². The van der Waals surface area contributed by atoms with E-state index in [1.807, 2.05) is 23.0 Å². The summed E-state index contributed by atoms with van der Waals surface area (Å²) in [5.41, 5.74) is 2.21. The number of carbonyl (C=O) groups excluding carboxylic acids is 2. The van der Waals surface area contributed by atoms with E-state index in [0.717, 1.165) is 24.2 Å². The van der Waals surface area contributed by atoms with E-state index in [1.165, 1.54) is 38.8 Å². The topological polar surface area (TPSA) is 80.6 Å². The fourth-order valence-electron chi connectivity index (χ4n) is 7.74. The van der Waals surface area contributed by atoms with Gasteiger partial charge in [0.15, 0.2) is 5.78 Å². The molecule has 4 fully saturated rings. The van der Waals surface area contributed by atoms with Gasteiger partial charge in [-0.1, -0.05) is 35.0 Å². The summed E-state index contributed by atoms with van der Waals surface area (Å²) >= 11 is 5.92. The van der Waals surface area contributed by atoms with Crippen molar-refractivity contribution in [2.45, 2.75) is 63.3 Å². The van der Waals surface area contributed by atoms with Crippen molar-refractivity contribution in [2.24, 2.45) is 11.8 Å². The number of nitrogens with zero attached hydrogens (tertiary/aromatic N) is 5. The standard InChI is InChI=1S/C33H36ClN5O3/c34-25-10-5-22(6-11-25)7-14-31(40)23-8-12-28(13-9-23)42-21-26-20-39(36-35-26)27-17-30-29-4-2-16-37-15-1-3-24(33(29)37)19-38(30)32(41)18-27/h5-14,20,24,27,29-30,33H,1-4,15-19,21H2/b14-7+/t24-,27+,29+,30+,33-/m0/s1. The van der Waals surface area contributed by atoms with E-state index in [0.29, 0.717) is 46.7 Å². The summed E-state index contributed by atoms with van der Waals surface area (Å²) in [7, 11) is 0. The number of aromatic nitrogens is 3. The number of rotatable bonds is 7. The van der Waals surface area contributed by atoms with E-state index in [2.05, 4.69) is 20.1 Å². The lowest BCUT2D eigenvalue weighted by atomic mass is 9.67. The Bertz CT molecular complexity index is 1470. The molecule has 4 saturated heterocycles. The molecule has 7 rings (SSSR count). The van der Waals surface area contributed by atoms with E-state index >= 15 is 0 Å². The van der Waals surface area contributed by atoms with Crippen molar-refractivity contribution >= 4 is 29.4 Å². The zero-order valence-corrected chi connectivity index (χ0v) is 24.4. The van der Waals surface area contributed by atoms with Gasteiger partial charge in [0.25, 0.3) is 0 Å². The molecule has 4 aliphatic rings. The molecule has 4 aliphatic heterocycles. The number of hydrogen-bond donors (Lipinski definition) is 0. The van der Waals surface area contributed by atoms with Crippen molar-refractivity contribution in [3.63, 3.8) is 0 Å². The van der Waals surface area contributed by atoms with E-state index in [4.69, 9.17) is 16.3 Å². The number of benzene rings is 2. The van der Waals surface area contributed by atoms with Gasteiger partial charge in [0.05, 0.1) is 12.2 Å². The van der Waals surface area contributed by atoms with Crippen molar-refractivity contribution < 1.29 is 14.3 Å². The van der Waals surface area contributed by atoms with Crippen molar-refractivity contribution in [3.05, 3.63) is 82.6 Å². The van der Waals surface area contributed by atoms with E-state index in [1.54, 1.807) is 48.6 Å². The number of allylic oxidation sites excluding steroid dienone is 1. The van der Waals surface area contributed by atoms with Crippen LogP contribution in [0.25, 0.3) is 6.08 Å². The van der Waals surface area contributed by atoms with Gasteiger partial charge in [-0.15, -0.1) is 5.10 Å². The van der Waals surface area contributed by atoms with Crippen LogP contribution in [0.2, 0.25) is 5.02 Å². The molecule has 0 aliphatic carbocycles. The summed E-state index contributed by atoms with van der Waals surface area (Å²) in [4.78, 5) is 30.9. The first-order valence-electron chi connectivity index (χ1n) is 15.2. The third-order valence-electron chi connectivity index (χ3n) is 9.67. The Morgan fingerprint density at radius 2 is 1.83 bits per heavy atom. The molecule has 0 bridgehead atoms. The second-order valence-electron chi connectivity index (χ2n) is 12.2. The van der Waals surface area contributed by atoms with Gasteiger partial charge in [-0.25, -0.2) is 4.68 Å². The second-order valence-corrected chi connectivity index (χ2v) is 12.6. The lowest BCUT2D eigenvalue weighted by Crippen LogP contribution is -2.67. The van der Waals surface area contributed by atoms with Gasteiger partial charge in [-0.3, -0.25) is 14.5 Å². The molecule has 1 aromatic heterocycles. The molecule has 0 N–H and O–H groups in total. The van der Waals surface area contributed by atoms with Crippen molar-refractivity contribution in [1.29, 1.82) is 0 Å². The van der Waals surface area contributed by atoms with Crippen molar-refractivity contribution in [1.82, 2.24) is 24.8 Å². The number of amides is 1. The van der Waals surface area contributed by atoms with E-state index in [-0.39, 0.29) is 24.3 Å². The summed E-state index contributed by atoms with van der Waals surface area (Å²) < 4.78 is 7.83. The molecule has 42 heavy (non-hydrogen) atoms. The number of carbonyl (C=O) groups is 2. The molecule has 1 amide bonds. The maximum Gasteiger partial charge on any atom is 0.224 e. The molecular weight excluding hydrogens is 550 g/mol. The first-order valence-corrected chi connectivity index (χ1v) is 15.5. The van der Waals surface area contributed by atoms with Crippen LogP contribution in [0.1, 0.15) is 66.2 Å². The molecule has 5 atom stereocenters. The first-order chi connectivity index (χ1) is 20.5. The summed E-state index contributed by atoms with van der Waals surface area (Å²) in [6.07, 6.45) is 11.6. The van der Waals surface area contributed by atoms with Gasteiger partial charge in [-0.05, 0) is 105 Å². The number of ketones is 1. The summed E-state index contributed by atoms with van der Waals surface area (Å²) in [5, 5.41) is 9.43. The molecule has 0 saturated carbocycles. The van der Waals surface area contributed by atoms with Crippen molar-refractivity contribution in [3.8, 4) is 5.75 Å². The highest BCUT2D eigenvalue weighted by Gasteiger charge is 2.52. The number of ether oxygens (including phenoxy) is 1. The minimum absolute atomic E-state index is 0.0294. The smallest absolute Gasteiger partial charge is 0.224 e. The molecule has 2 aromatic carbocycles. The van der Waals surface area contributed by atoms with Crippen LogP contribution >= 0.6 is 11.6 Å². The molecule has 0 spiro atoms. The van der Waals surface area contributed by atoms with Gasteiger partial charge in [0, 0.05) is 35.6 Å². The Hall–Kier alpha value is -3.49. The predicted molar refractivity (Wildman–Crippen MR) is 160 cm³/mol. The molecular formula is C33H36ClN5O3. The van der Waals surface area contributed by atoms with Crippen LogP contribution in [0, 0.1) is 11.8 Å². The highest BCUT2D eigenvalue weighted by molar-refractivity contribution is 6.30. The van der Waals surface area contributed by atoms with Crippen LogP contribution in [0.3, 0.4) is 0 Å². The maximum atomic E-state index is 13.4. The minimum atomic E-state index is -0.0852. The van der Waals surface area contributed by atoms with Gasteiger partial charge < -0.3 is 9.64 Å². The Morgan fingerprint density at radius 3 is 2.64 bits per heavy atom. The lowest BCUT2D eigenvalue weighted by Gasteiger charge is -2.59. The molecule has 3 aromatic rings. The summed E-state index contributed by atoms with van der Waals surface area (Å²) in [5.74, 6) is 2.03. The number of fused-ring (bicyclic) bond motifs is 2. The first kappa shape index (κ1) is 27.3. The quantitative estimate of drug-likeness (QED) is 0.271. The predicted octanol–water partition coefficient (Wildman–Crippen LogP) is 5.44. The third-order valence-corrected chi connectivity index (χ3v) is 9.92. The normalized spacial score (nSPS) is 27.5. The molecule has 0 unspecified atom stereocenters. The van der Waals surface area contributed by atoms with Crippen LogP contribution in [-0.4, -0.2) is 68.2 Å². The maximum absolute atomic E-state index is 13.4. The molecule has 8 nitrogen and oxygen atoms in total. The Kier molecular flexibility index (Phi) is 7.59. The minimum Gasteiger partial charge on any atom is -0.487 e. The average molecular weight is 586 g/mol. The Morgan fingerprint density at radius 1 is 1.05 bits per heavy atom. The fourth-order valence-corrected chi connectivity index (χ4v) is 7.87. The van der Waals surface area contributed by atoms with E-state index in [9.17, 15) is 9.59 Å². The van der Waals surface area contributed by atoms with Crippen LogP contribution in [0.4, 0.5) is 0 Å². The third kappa shape index (κ3) is 5.50. The molecule has 9 heteroatoms. The van der Waals surface area contributed by atoms with Gasteiger partial charge in [0.2, 0.25) is 5.91 Å². The van der Waals surface area contributed by atoms with Crippen LogP contribution in [-0.2, 0) is 11.4 Å². The lowest BCUT2D eigenvalue weighted by molar-refractivity contribution is -0.153. The van der Waals surface area contributed by atoms with E-state index < -0.39 is 0 Å². The Labute approximate surface area is 251 Å². The number of halogens is 1. The van der Waals surface area contributed by atoms with Crippen LogP contribution < -0.4 is 4.74 Å². The Balaban J connectivity index is 0.960.